The molecule has 0 saturated carbocycles. The van der Waals surface area contributed by atoms with Gasteiger partial charge in [0.25, 0.3) is 0 Å². The number of carboxylic acid groups (broad SMARTS) is 1. The number of aliphatic carboxylic acids is 1. The lowest BCUT2D eigenvalue weighted by Crippen LogP contribution is -2.51. The number of nitrogens with zero attached hydrogens (tertiary/aromatic N) is 1. The monoisotopic (exact) mass is 284 g/mol. The average molecular weight is 284 g/mol. The molecule has 0 spiro atoms. The largest absolute Gasteiger partial charge is 0.481 e. The quantitative estimate of drug-likeness (QED) is 0.747. The van der Waals surface area contributed by atoms with E-state index in [1.807, 2.05) is 20.8 Å². The van der Waals surface area contributed by atoms with Gasteiger partial charge in [-0.25, -0.2) is 0 Å². The molecule has 0 aliphatic carbocycles. The maximum absolute atomic E-state index is 12.4. The van der Waals surface area contributed by atoms with Crippen LogP contribution in [0.3, 0.4) is 0 Å². The third-order valence-electron chi connectivity index (χ3n) is 4.19. The van der Waals surface area contributed by atoms with Gasteiger partial charge in [-0.15, -0.1) is 0 Å². The summed E-state index contributed by atoms with van der Waals surface area (Å²) >= 11 is 0. The fourth-order valence-corrected chi connectivity index (χ4v) is 3.04. The summed E-state index contributed by atoms with van der Waals surface area (Å²) in [4.78, 5) is 25.8. The van der Waals surface area contributed by atoms with Crippen LogP contribution in [-0.2, 0) is 9.59 Å². The van der Waals surface area contributed by atoms with Gasteiger partial charge in [-0.1, -0.05) is 27.2 Å². The van der Waals surface area contributed by atoms with Gasteiger partial charge in [0.05, 0.1) is 5.41 Å². The maximum atomic E-state index is 12.4. The highest BCUT2D eigenvalue weighted by atomic mass is 16.4. The lowest BCUT2D eigenvalue weighted by atomic mass is 9.76. The second kappa shape index (κ2) is 7.62. The van der Waals surface area contributed by atoms with Crippen molar-refractivity contribution in [3.8, 4) is 0 Å². The lowest BCUT2D eigenvalue weighted by Gasteiger charge is -2.40. The molecule has 1 rings (SSSR count). The Labute approximate surface area is 121 Å². The topological polar surface area (TPSA) is 69.6 Å². The molecule has 2 N–H and O–H groups in total. The average Bonchev–Trinajstić information content (AvgIpc) is 2.44. The minimum absolute atomic E-state index is 0.0763. The zero-order valence-electron chi connectivity index (χ0n) is 12.9. The molecule has 1 aliphatic heterocycles. The summed E-state index contributed by atoms with van der Waals surface area (Å²) in [7, 11) is 0. The summed E-state index contributed by atoms with van der Waals surface area (Å²) in [6.45, 7) is 8.46. The molecule has 0 aromatic carbocycles. The Morgan fingerprint density at radius 2 is 2.10 bits per heavy atom. The highest BCUT2D eigenvalue weighted by Crippen LogP contribution is 2.35. The summed E-state index contributed by atoms with van der Waals surface area (Å²) in [6.07, 6.45) is 2.95. The Kier molecular flexibility index (Phi) is 6.46. The van der Waals surface area contributed by atoms with Gasteiger partial charge in [0, 0.05) is 25.6 Å². The first-order chi connectivity index (χ1) is 9.46. The molecule has 0 aromatic rings. The van der Waals surface area contributed by atoms with Gasteiger partial charge in [0.15, 0.2) is 0 Å². The molecule has 1 aliphatic rings. The van der Waals surface area contributed by atoms with Gasteiger partial charge < -0.3 is 15.3 Å². The van der Waals surface area contributed by atoms with E-state index in [1.54, 1.807) is 4.90 Å². The molecule has 2 atom stereocenters. The Morgan fingerprint density at radius 3 is 2.65 bits per heavy atom. The van der Waals surface area contributed by atoms with Gasteiger partial charge in [0.2, 0.25) is 5.91 Å². The van der Waals surface area contributed by atoms with Crippen molar-refractivity contribution in [1.82, 2.24) is 10.2 Å². The molecule has 1 amide bonds. The van der Waals surface area contributed by atoms with Crippen LogP contribution in [-0.4, -0.2) is 48.1 Å². The van der Waals surface area contributed by atoms with E-state index in [0.29, 0.717) is 32.5 Å². The van der Waals surface area contributed by atoms with E-state index < -0.39 is 11.4 Å². The third-order valence-corrected chi connectivity index (χ3v) is 4.19. The van der Waals surface area contributed by atoms with Crippen molar-refractivity contribution in [2.45, 2.75) is 46.5 Å². The Balaban J connectivity index is 2.72. The van der Waals surface area contributed by atoms with Crippen LogP contribution in [0.4, 0.5) is 0 Å². The van der Waals surface area contributed by atoms with Gasteiger partial charge in [-0.05, 0) is 25.8 Å². The minimum atomic E-state index is -0.754. The molecule has 0 aromatic heterocycles. The van der Waals surface area contributed by atoms with Crippen molar-refractivity contribution in [1.29, 1.82) is 0 Å². The highest BCUT2D eigenvalue weighted by molar-refractivity contribution is 5.81. The van der Waals surface area contributed by atoms with E-state index in [-0.39, 0.29) is 11.8 Å². The molecule has 116 valence electrons. The number of likely N-dealkylation sites (tertiary alicyclic amines) is 1. The van der Waals surface area contributed by atoms with E-state index in [2.05, 4.69) is 5.32 Å². The number of hydrogen-bond donors (Lipinski definition) is 2. The van der Waals surface area contributed by atoms with Crippen LogP contribution in [0.15, 0.2) is 0 Å². The van der Waals surface area contributed by atoms with Crippen LogP contribution in [0.2, 0.25) is 0 Å². The van der Waals surface area contributed by atoms with Crippen LogP contribution < -0.4 is 5.32 Å². The first-order valence-corrected chi connectivity index (χ1v) is 7.69. The molecular weight excluding hydrogens is 256 g/mol. The predicted octanol–water partition coefficient (Wildman–Crippen LogP) is 1.73. The molecule has 5 nitrogen and oxygen atoms in total. The number of carbonyl (C=O) groups is 2. The number of hydrogen-bond acceptors (Lipinski definition) is 3. The molecule has 5 heteroatoms. The molecule has 1 fully saturated rings. The first kappa shape index (κ1) is 17.0. The standard InChI is InChI=1S/C15H28N2O3/c1-4-7-15(14(19)20)8-6-9-17(11-15)13(18)12(3)10-16-5-2/h12,16H,4-11H2,1-3H3,(H,19,20). The normalized spacial score (nSPS) is 24.4. The predicted molar refractivity (Wildman–Crippen MR) is 78.5 cm³/mol. The zero-order chi connectivity index (χ0) is 15.2. The summed E-state index contributed by atoms with van der Waals surface area (Å²) < 4.78 is 0. The SMILES string of the molecule is CCCC1(C(=O)O)CCCN(C(=O)C(C)CNCC)C1. The van der Waals surface area contributed by atoms with Crippen molar-refractivity contribution in [3.63, 3.8) is 0 Å². The Bertz CT molecular complexity index is 342. The van der Waals surface area contributed by atoms with Gasteiger partial charge >= 0.3 is 5.97 Å². The fraction of sp³-hybridized carbons (Fsp3) is 0.867. The van der Waals surface area contributed by atoms with Crippen molar-refractivity contribution >= 4 is 11.9 Å². The first-order valence-electron chi connectivity index (χ1n) is 7.69. The number of piperidine rings is 1. The molecule has 1 heterocycles. The van der Waals surface area contributed by atoms with Crippen molar-refractivity contribution < 1.29 is 14.7 Å². The van der Waals surface area contributed by atoms with Crippen LogP contribution in [0, 0.1) is 11.3 Å². The number of carbonyl (C=O) groups excluding carboxylic acids is 1. The van der Waals surface area contributed by atoms with Gasteiger partial charge in [-0.2, -0.15) is 0 Å². The van der Waals surface area contributed by atoms with Gasteiger partial charge in [0.1, 0.15) is 0 Å². The fourth-order valence-electron chi connectivity index (χ4n) is 3.04. The van der Waals surface area contributed by atoms with Crippen molar-refractivity contribution in [2.75, 3.05) is 26.2 Å². The second-order valence-corrected chi connectivity index (χ2v) is 5.91. The molecule has 2 unspecified atom stereocenters. The second-order valence-electron chi connectivity index (χ2n) is 5.91. The molecule has 1 saturated heterocycles. The van der Waals surface area contributed by atoms with E-state index in [1.165, 1.54) is 0 Å². The van der Waals surface area contributed by atoms with Crippen LogP contribution in [0.25, 0.3) is 0 Å². The molecule has 0 radical (unpaired) electrons. The van der Waals surface area contributed by atoms with Crippen LogP contribution in [0.5, 0.6) is 0 Å². The third kappa shape index (κ3) is 3.95. The summed E-state index contributed by atoms with van der Waals surface area (Å²) in [5.41, 5.74) is -0.736. The zero-order valence-corrected chi connectivity index (χ0v) is 12.9. The molecule has 0 bridgehead atoms. The Morgan fingerprint density at radius 1 is 1.40 bits per heavy atom. The minimum Gasteiger partial charge on any atom is -0.481 e. The smallest absolute Gasteiger partial charge is 0.311 e. The number of carboxylic acids is 1. The van der Waals surface area contributed by atoms with Crippen molar-refractivity contribution in [2.24, 2.45) is 11.3 Å². The van der Waals surface area contributed by atoms with E-state index >= 15 is 0 Å². The summed E-state index contributed by atoms with van der Waals surface area (Å²) in [6, 6.07) is 0. The van der Waals surface area contributed by atoms with Crippen LogP contribution >= 0.6 is 0 Å². The van der Waals surface area contributed by atoms with Gasteiger partial charge in [-0.3, -0.25) is 9.59 Å². The van der Waals surface area contributed by atoms with E-state index in [0.717, 1.165) is 19.4 Å². The van der Waals surface area contributed by atoms with E-state index in [9.17, 15) is 14.7 Å². The summed E-state index contributed by atoms with van der Waals surface area (Å²) in [5, 5.41) is 12.7. The lowest BCUT2D eigenvalue weighted by molar-refractivity contribution is -0.156. The number of amides is 1. The number of nitrogens with one attached hydrogen (secondary N) is 1. The Hall–Kier alpha value is -1.10. The molecular formula is C15H28N2O3. The number of rotatable bonds is 7. The van der Waals surface area contributed by atoms with Crippen LogP contribution in [0.1, 0.15) is 46.5 Å². The maximum Gasteiger partial charge on any atom is 0.311 e. The molecule has 20 heavy (non-hydrogen) atoms. The van der Waals surface area contributed by atoms with Crippen molar-refractivity contribution in [3.05, 3.63) is 0 Å². The van der Waals surface area contributed by atoms with E-state index in [4.69, 9.17) is 0 Å². The highest BCUT2D eigenvalue weighted by Gasteiger charge is 2.43. The summed E-state index contributed by atoms with van der Waals surface area (Å²) in [5.74, 6) is -0.773.